The predicted octanol–water partition coefficient (Wildman–Crippen LogP) is 2.46. The molecule has 5 heteroatoms. The van der Waals surface area contributed by atoms with Crippen LogP contribution in [0, 0.1) is 11.3 Å². The molecule has 134 valence electrons. The van der Waals surface area contributed by atoms with Crippen LogP contribution in [0.2, 0.25) is 0 Å². The zero-order chi connectivity index (χ0) is 17.8. The van der Waals surface area contributed by atoms with Gasteiger partial charge in [-0.25, -0.2) is 5.43 Å². The Morgan fingerprint density at radius 1 is 1.16 bits per heavy atom. The molecule has 1 fully saturated rings. The Labute approximate surface area is 149 Å². The number of methoxy groups -OCH3 is 1. The number of fused-ring (bicyclic) bond motifs is 1. The Kier molecular flexibility index (Phi) is 3.89. The van der Waals surface area contributed by atoms with Gasteiger partial charge in [0.05, 0.1) is 13.3 Å². The van der Waals surface area contributed by atoms with Gasteiger partial charge in [-0.2, -0.15) is 0 Å². The van der Waals surface area contributed by atoms with E-state index in [1.807, 2.05) is 18.2 Å². The van der Waals surface area contributed by atoms with Gasteiger partial charge in [-0.1, -0.05) is 32.0 Å². The molecule has 0 spiro atoms. The molecule has 3 aliphatic rings. The van der Waals surface area contributed by atoms with Gasteiger partial charge in [-0.05, 0) is 24.8 Å². The van der Waals surface area contributed by atoms with Gasteiger partial charge in [0.15, 0.2) is 5.78 Å². The summed E-state index contributed by atoms with van der Waals surface area (Å²) in [6.07, 6.45) is 1.62. The maximum atomic E-state index is 13.1. The van der Waals surface area contributed by atoms with E-state index in [1.54, 1.807) is 7.11 Å². The van der Waals surface area contributed by atoms with Crippen LogP contribution in [0.5, 0.6) is 5.75 Å². The highest BCUT2D eigenvalue weighted by molar-refractivity contribution is 5.99. The van der Waals surface area contributed by atoms with Crippen LogP contribution in [0.1, 0.15) is 45.1 Å². The Balaban J connectivity index is 1.89. The van der Waals surface area contributed by atoms with Crippen molar-refractivity contribution in [3.63, 3.8) is 0 Å². The molecule has 0 amide bonds. The molecule has 2 aliphatic heterocycles. The predicted molar refractivity (Wildman–Crippen MR) is 96.9 cm³/mol. The molecule has 3 unspecified atom stereocenters. The first-order valence-corrected chi connectivity index (χ1v) is 9.08. The van der Waals surface area contributed by atoms with E-state index in [0.29, 0.717) is 6.42 Å². The molecule has 1 saturated heterocycles. The zero-order valence-electron chi connectivity index (χ0n) is 15.3. The lowest BCUT2D eigenvalue weighted by Gasteiger charge is -2.44. The molecule has 0 aromatic heterocycles. The number of allylic oxidation sites excluding steroid dienone is 2. The quantitative estimate of drug-likeness (QED) is 0.771. The first kappa shape index (κ1) is 16.6. The minimum absolute atomic E-state index is 0.00126. The summed E-state index contributed by atoms with van der Waals surface area (Å²) in [7, 11) is 1.70. The number of nitrogens with one attached hydrogen (secondary N) is 3. The molecule has 25 heavy (non-hydrogen) atoms. The third-order valence-corrected chi connectivity index (χ3v) is 5.85. The molecule has 0 bridgehead atoms. The lowest BCUT2D eigenvalue weighted by Crippen LogP contribution is -2.52. The molecule has 5 nitrogen and oxygen atoms in total. The number of rotatable bonds is 2. The lowest BCUT2D eigenvalue weighted by molar-refractivity contribution is -0.118. The van der Waals surface area contributed by atoms with Crippen LogP contribution in [-0.4, -0.2) is 25.1 Å². The number of carbonyl (C=O) groups excluding carboxylic acids is 1. The number of hydrogen-bond donors (Lipinski definition) is 3. The summed E-state index contributed by atoms with van der Waals surface area (Å²) in [6, 6.07) is 8.37. The number of benzene rings is 1. The number of carbonyl (C=O) groups is 1. The summed E-state index contributed by atoms with van der Waals surface area (Å²) in [5.41, 5.74) is 9.89. The van der Waals surface area contributed by atoms with Gasteiger partial charge in [0.2, 0.25) is 0 Å². The van der Waals surface area contributed by atoms with Crippen LogP contribution in [0.25, 0.3) is 0 Å². The molecule has 4 atom stereocenters. The van der Waals surface area contributed by atoms with Crippen LogP contribution in [0.3, 0.4) is 0 Å². The van der Waals surface area contributed by atoms with Gasteiger partial charge in [-0.3, -0.25) is 10.2 Å². The van der Waals surface area contributed by atoms with Crippen molar-refractivity contribution >= 4 is 5.78 Å². The van der Waals surface area contributed by atoms with E-state index in [2.05, 4.69) is 43.0 Å². The minimum atomic E-state index is -0.00126. The number of ketones is 1. The molecule has 4 rings (SSSR count). The highest BCUT2D eigenvalue weighted by Gasteiger charge is 2.50. The van der Waals surface area contributed by atoms with Crippen molar-refractivity contribution in [3.05, 3.63) is 41.1 Å². The van der Waals surface area contributed by atoms with Crippen LogP contribution >= 0.6 is 0 Å². The van der Waals surface area contributed by atoms with Gasteiger partial charge in [0.25, 0.3) is 0 Å². The highest BCUT2D eigenvalue weighted by atomic mass is 16.5. The first-order valence-electron chi connectivity index (χ1n) is 9.08. The Morgan fingerprint density at radius 3 is 2.68 bits per heavy atom. The molecule has 1 aromatic carbocycles. The van der Waals surface area contributed by atoms with Gasteiger partial charge in [0, 0.05) is 41.1 Å². The minimum Gasteiger partial charge on any atom is -0.496 e. The molecular formula is C20H27N3O2. The molecule has 0 saturated carbocycles. The van der Waals surface area contributed by atoms with Crippen molar-refractivity contribution in [2.45, 2.75) is 51.7 Å². The second kappa shape index (κ2) is 5.85. The number of hydrazine groups is 1. The second-order valence-corrected chi connectivity index (χ2v) is 8.33. The summed E-state index contributed by atoms with van der Waals surface area (Å²) in [4.78, 5) is 13.1. The van der Waals surface area contributed by atoms with E-state index < -0.39 is 0 Å². The van der Waals surface area contributed by atoms with Crippen LogP contribution in [0.15, 0.2) is 35.5 Å². The van der Waals surface area contributed by atoms with Gasteiger partial charge >= 0.3 is 0 Å². The fraction of sp³-hybridized carbons (Fsp3) is 0.550. The first-order chi connectivity index (χ1) is 11.9. The smallest absolute Gasteiger partial charge is 0.161 e. The van der Waals surface area contributed by atoms with E-state index in [0.717, 1.165) is 29.0 Å². The third kappa shape index (κ3) is 2.66. The Bertz CT molecular complexity index is 740. The summed E-state index contributed by atoms with van der Waals surface area (Å²) < 4.78 is 5.64. The van der Waals surface area contributed by atoms with Crippen molar-refractivity contribution in [2.24, 2.45) is 11.3 Å². The lowest BCUT2D eigenvalue weighted by atomic mass is 9.65. The number of Topliss-reactive ketones (excluding diaryl/α,β-unsaturated/α-hetero) is 1. The topological polar surface area (TPSA) is 62.4 Å². The Morgan fingerprint density at radius 2 is 1.92 bits per heavy atom. The Hall–Kier alpha value is -1.85. The summed E-state index contributed by atoms with van der Waals surface area (Å²) in [5.74, 6) is 1.42. The maximum absolute atomic E-state index is 13.1. The van der Waals surface area contributed by atoms with Crippen molar-refractivity contribution in [1.82, 2.24) is 16.2 Å². The largest absolute Gasteiger partial charge is 0.496 e. The normalized spacial score (nSPS) is 33.5. The molecule has 0 radical (unpaired) electrons. The van der Waals surface area contributed by atoms with E-state index in [-0.39, 0.29) is 35.2 Å². The zero-order valence-corrected chi connectivity index (χ0v) is 15.3. The van der Waals surface area contributed by atoms with Crippen LogP contribution in [-0.2, 0) is 4.79 Å². The average molecular weight is 341 g/mol. The van der Waals surface area contributed by atoms with Crippen LogP contribution < -0.4 is 20.9 Å². The fourth-order valence-corrected chi connectivity index (χ4v) is 4.81. The molecule has 1 aromatic rings. The summed E-state index contributed by atoms with van der Waals surface area (Å²) in [6.45, 7) is 6.51. The number of hydrogen-bond acceptors (Lipinski definition) is 5. The van der Waals surface area contributed by atoms with Crippen molar-refractivity contribution < 1.29 is 9.53 Å². The standard InChI is InChI=1S/C20H27N3O2/c1-11-16-17(12-7-5-6-8-15(12)25-4)18-13(21-19(16)23-22-11)9-20(2,3)10-14(18)24/h5-8,11,16-17,19,21-23H,9-10H2,1-4H3/t11?,16?,17-,19?/m0/s1. The van der Waals surface area contributed by atoms with E-state index in [9.17, 15) is 4.79 Å². The van der Waals surface area contributed by atoms with E-state index >= 15 is 0 Å². The highest BCUT2D eigenvalue weighted by Crippen LogP contribution is 2.49. The molecule has 3 N–H and O–H groups in total. The van der Waals surface area contributed by atoms with Crippen LogP contribution in [0.4, 0.5) is 0 Å². The second-order valence-electron chi connectivity index (χ2n) is 8.33. The molecular weight excluding hydrogens is 314 g/mol. The average Bonchev–Trinajstić information content (AvgIpc) is 2.92. The fourth-order valence-electron chi connectivity index (χ4n) is 4.81. The van der Waals surface area contributed by atoms with Crippen molar-refractivity contribution in [1.29, 1.82) is 0 Å². The number of ether oxygens (including phenoxy) is 1. The van der Waals surface area contributed by atoms with Crippen molar-refractivity contribution in [2.75, 3.05) is 7.11 Å². The molecule has 2 heterocycles. The molecule has 1 aliphatic carbocycles. The van der Waals surface area contributed by atoms with Gasteiger partial charge in [-0.15, -0.1) is 0 Å². The third-order valence-electron chi connectivity index (χ3n) is 5.85. The van der Waals surface area contributed by atoms with E-state index in [4.69, 9.17) is 4.74 Å². The maximum Gasteiger partial charge on any atom is 0.161 e. The van der Waals surface area contributed by atoms with Gasteiger partial charge < -0.3 is 10.1 Å². The van der Waals surface area contributed by atoms with Crippen molar-refractivity contribution in [3.8, 4) is 5.75 Å². The summed E-state index contributed by atoms with van der Waals surface area (Å²) >= 11 is 0. The van der Waals surface area contributed by atoms with Gasteiger partial charge in [0.1, 0.15) is 5.75 Å². The summed E-state index contributed by atoms with van der Waals surface area (Å²) in [5, 5.41) is 3.62. The number of para-hydroxylation sites is 1. The van der Waals surface area contributed by atoms with E-state index in [1.165, 1.54) is 0 Å². The monoisotopic (exact) mass is 341 g/mol. The SMILES string of the molecule is COc1ccccc1[C@@H]1C2=C(CC(C)(C)CC2=O)NC2NNC(C)C21.